The summed E-state index contributed by atoms with van der Waals surface area (Å²) in [6, 6.07) is 15.4. The molecule has 3 heterocycles. The van der Waals surface area contributed by atoms with Crippen molar-refractivity contribution >= 4 is 33.2 Å². The topological polar surface area (TPSA) is 74.8 Å². The zero-order valence-electron chi connectivity index (χ0n) is 19.2. The number of rotatable bonds is 7. The lowest BCUT2D eigenvalue weighted by Crippen LogP contribution is -2.24. The van der Waals surface area contributed by atoms with E-state index in [0.717, 1.165) is 48.2 Å². The van der Waals surface area contributed by atoms with Crippen LogP contribution in [0.25, 0.3) is 38.9 Å². The van der Waals surface area contributed by atoms with Crippen LogP contribution in [0, 0.1) is 6.92 Å². The Morgan fingerprint density at radius 1 is 0.909 bits per heavy atom. The Bertz CT molecular complexity index is 1530. The van der Waals surface area contributed by atoms with Crippen LogP contribution in [-0.4, -0.2) is 31.2 Å². The summed E-state index contributed by atoms with van der Waals surface area (Å²) in [5, 5.41) is 0.507. The van der Waals surface area contributed by atoms with E-state index >= 15 is 0 Å². The molecule has 0 amide bonds. The van der Waals surface area contributed by atoms with Gasteiger partial charge in [0.15, 0.2) is 11.3 Å². The lowest BCUT2D eigenvalue weighted by atomic mass is 10.2. The molecule has 0 bridgehead atoms. The zero-order valence-corrected chi connectivity index (χ0v) is 19.2. The van der Waals surface area contributed by atoms with Gasteiger partial charge in [0, 0.05) is 12.6 Å². The Labute approximate surface area is 191 Å². The second kappa shape index (κ2) is 8.65. The third kappa shape index (κ3) is 3.63. The fraction of sp³-hybridized carbons (Fsp3) is 0.308. The van der Waals surface area contributed by atoms with Gasteiger partial charge in [0.05, 0.1) is 23.8 Å². The summed E-state index contributed by atoms with van der Waals surface area (Å²) in [5.41, 5.74) is 4.05. The number of ether oxygens (including phenoxy) is 1. The van der Waals surface area contributed by atoms with Gasteiger partial charge in [-0.25, -0.2) is 15.0 Å². The van der Waals surface area contributed by atoms with Crippen LogP contribution in [0.15, 0.2) is 53.3 Å². The van der Waals surface area contributed by atoms with E-state index in [9.17, 15) is 4.79 Å². The van der Waals surface area contributed by atoms with Gasteiger partial charge in [-0.1, -0.05) is 44.4 Å². The van der Waals surface area contributed by atoms with Crippen molar-refractivity contribution in [3.63, 3.8) is 0 Å². The van der Waals surface area contributed by atoms with Crippen LogP contribution >= 0.6 is 0 Å². The highest BCUT2D eigenvalue weighted by Crippen LogP contribution is 2.30. The quantitative estimate of drug-likeness (QED) is 0.325. The highest BCUT2D eigenvalue weighted by atomic mass is 16.5. The van der Waals surface area contributed by atoms with Gasteiger partial charge in [0.1, 0.15) is 22.5 Å². The number of hydrogen-bond acceptors (Lipinski definition) is 5. The monoisotopic (exact) mass is 441 g/mol. The highest BCUT2D eigenvalue weighted by Gasteiger charge is 2.22. The van der Waals surface area contributed by atoms with E-state index in [1.165, 1.54) is 0 Å². The van der Waals surface area contributed by atoms with E-state index in [2.05, 4.69) is 6.92 Å². The Morgan fingerprint density at radius 2 is 1.70 bits per heavy atom. The van der Waals surface area contributed by atoms with Crippen LogP contribution in [0.4, 0.5) is 0 Å². The van der Waals surface area contributed by atoms with Gasteiger partial charge < -0.3 is 4.74 Å². The molecule has 168 valence electrons. The minimum Gasteiger partial charge on any atom is -0.497 e. The van der Waals surface area contributed by atoms with E-state index in [1.54, 1.807) is 11.7 Å². The van der Waals surface area contributed by atoms with E-state index in [1.807, 2.05) is 60.0 Å². The van der Waals surface area contributed by atoms with Crippen molar-refractivity contribution in [2.24, 2.45) is 0 Å². The summed E-state index contributed by atoms with van der Waals surface area (Å²) < 4.78 is 9.14. The van der Waals surface area contributed by atoms with Crippen molar-refractivity contribution in [3.05, 3.63) is 64.7 Å². The van der Waals surface area contributed by atoms with Crippen LogP contribution in [-0.2, 0) is 6.54 Å². The first kappa shape index (κ1) is 21.1. The summed E-state index contributed by atoms with van der Waals surface area (Å²) in [6.07, 6.45) is 4.36. The number of unbranched alkanes of at least 4 members (excludes halogenated alkanes) is 3. The molecule has 0 aliphatic carbocycles. The highest BCUT2D eigenvalue weighted by molar-refractivity contribution is 6.05. The van der Waals surface area contributed by atoms with Crippen molar-refractivity contribution in [1.82, 2.24) is 24.1 Å². The molecule has 0 aliphatic heterocycles. The standard InChI is InChI=1S/C26H27N5O2/c1-4-5-6-9-15-30-17(2)27-24-22(26(30)32)23-25(29-21-14-8-7-13-20(21)28-23)31(24)18-11-10-12-19(16-18)33-3/h7-8,10-14,16H,4-6,9,15H2,1-3H3. The first-order valence-corrected chi connectivity index (χ1v) is 11.4. The van der Waals surface area contributed by atoms with Gasteiger partial charge >= 0.3 is 0 Å². The zero-order chi connectivity index (χ0) is 22.9. The number of fused-ring (bicyclic) bond motifs is 4. The molecular formula is C26H27N5O2. The lowest BCUT2D eigenvalue weighted by Gasteiger charge is -2.11. The van der Waals surface area contributed by atoms with E-state index < -0.39 is 0 Å². The number of nitrogens with zero attached hydrogens (tertiary/aromatic N) is 5. The molecule has 5 rings (SSSR count). The van der Waals surface area contributed by atoms with Crippen LogP contribution in [0.5, 0.6) is 5.75 Å². The molecule has 2 aromatic carbocycles. The molecule has 0 spiro atoms. The van der Waals surface area contributed by atoms with Crippen molar-refractivity contribution in [2.75, 3.05) is 7.11 Å². The second-order valence-electron chi connectivity index (χ2n) is 8.30. The van der Waals surface area contributed by atoms with E-state index in [0.29, 0.717) is 34.6 Å². The molecule has 0 aliphatic rings. The molecule has 33 heavy (non-hydrogen) atoms. The minimum absolute atomic E-state index is 0.0646. The SMILES string of the molecule is CCCCCCn1c(C)nc2c(c1=O)c1nc3ccccc3nc1n2-c1cccc(OC)c1. The van der Waals surface area contributed by atoms with Gasteiger partial charge in [-0.3, -0.25) is 13.9 Å². The van der Waals surface area contributed by atoms with Gasteiger partial charge in [-0.15, -0.1) is 0 Å². The molecule has 0 saturated heterocycles. The maximum Gasteiger partial charge on any atom is 0.265 e. The summed E-state index contributed by atoms with van der Waals surface area (Å²) in [7, 11) is 1.64. The third-order valence-electron chi connectivity index (χ3n) is 6.10. The average Bonchev–Trinajstić information content (AvgIpc) is 3.14. The molecule has 0 saturated carbocycles. The Kier molecular flexibility index (Phi) is 5.54. The molecule has 0 unspecified atom stereocenters. The molecule has 5 aromatic rings. The Hall–Kier alpha value is -3.74. The number of hydrogen-bond donors (Lipinski definition) is 0. The van der Waals surface area contributed by atoms with Crippen molar-refractivity contribution < 1.29 is 4.74 Å². The number of methoxy groups -OCH3 is 1. The maximum absolute atomic E-state index is 13.7. The van der Waals surface area contributed by atoms with Crippen LogP contribution in [0.2, 0.25) is 0 Å². The predicted molar refractivity (Wildman–Crippen MR) is 131 cm³/mol. The molecule has 7 nitrogen and oxygen atoms in total. The number of aromatic nitrogens is 5. The minimum atomic E-state index is -0.0646. The Morgan fingerprint density at radius 3 is 2.45 bits per heavy atom. The first-order valence-electron chi connectivity index (χ1n) is 11.4. The first-order chi connectivity index (χ1) is 16.1. The van der Waals surface area contributed by atoms with Crippen molar-refractivity contribution in [3.8, 4) is 11.4 Å². The van der Waals surface area contributed by atoms with Gasteiger partial charge in [-0.2, -0.15) is 0 Å². The predicted octanol–water partition coefficient (Wildman–Crippen LogP) is 5.18. The average molecular weight is 442 g/mol. The number of aryl methyl sites for hydroxylation is 1. The molecule has 0 N–H and O–H groups in total. The Balaban J connectivity index is 1.84. The normalized spacial score (nSPS) is 11.6. The van der Waals surface area contributed by atoms with Crippen molar-refractivity contribution in [1.29, 1.82) is 0 Å². The molecule has 7 heteroatoms. The summed E-state index contributed by atoms with van der Waals surface area (Å²) in [6.45, 7) is 4.73. The van der Waals surface area contributed by atoms with E-state index in [-0.39, 0.29) is 5.56 Å². The summed E-state index contributed by atoms with van der Waals surface area (Å²) in [4.78, 5) is 28.4. The van der Waals surface area contributed by atoms with Crippen LogP contribution < -0.4 is 10.3 Å². The molecule has 3 aromatic heterocycles. The maximum atomic E-state index is 13.7. The fourth-order valence-electron chi connectivity index (χ4n) is 4.38. The lowest BCUT2D eigenvalue weighted by molar-refractivity contribution is 0.414. The fourth-order valence-corrected chi connectivity index (χ4v) is 4.38. The number of benzene rings is 2. The van der Waals surface area contributed by atoms with Gasteiger partial charge in [-0.05, 0) is 37.6 Å². The molecular weight excluding hydrogens is 414 g/mol. The van der Waals surface area contributed by atoms with Crippen molar-refractivity contribution in [2.45, 2.75) is 46.1 Å². The third-order valence-corrected chi connectivity index (χ3v) is 6.10. The molecule has 0 radical (unpaired) electrons. The van der Waals surface area contributed by atoms with E-state index in [4.69, 9.17) is 19.7 Å². The summed E-state index contributed by atoms with van der Waals surface area (Å²) >= 11 is 0. The second-order valence-corrected chi connectivity index (χ2v) is 8.30. The van der Waals surface area contributed by atoms with Crippen LogP contribution in [0.3, 0.4) is 0 Å². The smallest absolute Gasteiger partial charge is 0.265 e. The number of para-hydroxylation sites is 2. The molecule has 0 fully saturated rings. The van der Waals surface area contributed by atoms with Crippen LogP contribution in [0.1, 0.15) is 38.4 Å². The van der Waals surface area contributed by atoms with Gasteiger partial charge in [0.25, 0.3) is 5.56 Å². The largest absolute Gasteiger partial charge is 0.497 e. The van der Waals surface area contributed by atoms with Gasteiger partial charge in [0.2, 0.25) is 0 Å². The molecule has 0 atom stereocenters. The summed E-state index contributed by atoms with van der Waals surface area (Å²) in [5.74, 6) is 1.41.